The number of rotatable bonds is 9. The molecule has 9 nitrogen and oxygen atoms in total. The smallest absolute Gasteiger partial charge is 0.446 e. The van der Waals surface area contributed by atoms with Gasteiger partial charge in [0.05, 0.1) is 37.8 Å². The molecular formula is C27H52F5NO8. The van der Waals surface area contributed by atoms with Crippen molar-refractivity contribution in [2.45, 2.75) is 124 Å². The molecule has 3 unspecified atom stereocenters. The predicted octanol–water partition coefficient (Wildman–Crippen LogP) is 4.49. The van der Waals surface area contributed by atoms with Crippen molar-refractivity contribution in [3.05, 3.63) is 0 Å². The molecule has 0 radical (unpaired) electrons. The second-order valence-electron chi connectivity index (χ2n) is 11.4. The molecule has 41 heavy (non-hydrogen) atoms. The number of epoxide rings is 1. The Kier molecular flexibility index (Phi) is 24.4. The van der Waals surface area contributed by atoms with Gasteiger partial charge in [-0.3, -0.25) is 14.4 Å². The topological polar surface area (TPSA) is 149 Å². The number of carbonyl (C=O) groups is 3. The fourth-order valence-electron chi connectivity index (χ4n) is 2.24. The van der Waals surface area contributed by atoms with Gasteiger partial charge in [-0.2, -0.15) is 13.2 Å². The Bertz CT molecular complexity index is 705. The Morgan fingerprint density at radius 2 is 1.24 bits per heavy atom. The zero-order valence-electron chi connectivity index (χ0n) is 24.9. The SMILES string of the molecule is C.C[C@H](CC(=O)OC(C)(C)C)C(O)CF.C[C@H](CC(=O)OC(C)(C)C)C1CO1.C[C@H](N)C(O)CF.O=CC(F)(F)F. The summed E-state index contributed by atoms with van der Waals surface area (Å²) in [5, 5.41) is 17.5. The van der Waals surface area contributed by atoms with E-state index in [1.165, 1.54) is 0 Å². The number of esters is 2. The van der Waals surface area contributed by atoms with Crippen LogP contribution in [-0.4, -0.2) is 90.1 Å². The van der Waals surface area contributed by atoms with Crippen LogP contribution in [-0.2, 0) is 28.6 Å². The second kappa shape index (κ2) is 21.8. The molecule has 4 N–H and O–H groups in total. The van der Waals surface area contributed by atoms with Gasteiger partial charge in [0.2, 0.25) is 6.29 Å². The molecule has 1 aliphatic rings. The lowest BCUT2D eigenvalue weighted by Gasteiger charge is -2.21. The zero-order chi connectivity index (χ0) is 32.5. The molecule has 0 aromatic rings. The van der Waals surface area contributed by atoms with E-state index in [2.05, 4.69) is 0 Å². The van der Waals surface area contributed by atoms with Crippen LogP contribution in [0.25, 0.3) is 0 Å². The number of nitrogens with two attached hydrogens (primary N) is 1. The summed E-state index contributed by atoms with van der Waals surface area (Å²) in [7, 11) is 0. The van der Waals surface area contributed by atoms with Crippen LogP contribution in [0.2, 0.25) is 0 Å². The molecule has 0 aromatic heterocycles. The van der Waals surface area contributed by atoms with Crippen molar-refractivity contribution in [3.8, 4) is 0 Å². The minimum absolute atomic E-state index is 0. The Labute approximate surface area is 241 Å². The lowest BCUT2D eigenvalue weighted by molar-refractivity contribution is -0.157. The molecule has 1 aliphatic heterocycles. The van der Waals surface area contributed by atoms with Gasteiger partial charge in [-0.1, -0.05) is 21.3 Å². The van der Waals surface area contributed by atoms with Crippen molar-refractivity contribution in [2.24, 2.45) is 17.6 Å². The Hall–Kier alpha value is -1.90. The van der Waals surface area contributed by atoms with Crippen molar-refractivity contribution >= 4 is 18.2 Å². The maximum absolute atomic E-state index is 12.0. The number of ether oxygens (including phenoxy) is 3. The van der Waals surface area contributed by atoms with Crippen molar-refractivity contribution in [1.82, 2.24) is 0 Å². The third-order valence-corrected chi connectivity index (χ3v) is 4.52. The number of carbonyl (C=O) groups excluding carboxylic acids is 3. The Morgan fingerprint density at radius 1 is 0.902 bits per heavy atom. The van der Waals surface area contributed by atoms with Gasteiger partial charge in [-0.15, -0.1) is 0 Å². The number of halogens is 5. The lowest BCUT2D eigenvalue weighted by Crippen LogP contribution is -2.32. The van der Waals surface area contributed by atoms with Crippen molar-refractivity contribution < 1.29 is 60.8 Å². The van der Waals surface area contributed by atoms with E-state index in [1.54, 1.807) is 34.6 Å². The molecule has 1 heterocycles. The molecule has 0 bridgehead atoms. The minimum atomic E-state index is -4.64. The molecule has 0 saturated carbocycles. The number of hydrogen-bond donors (Lipinski definition) is 3. The molecule has 1 fully saturated rings. The number of alkyl halides is 5. The summed E-state index contributed by atoms with van der Waals surface area (Å²) in [6.07, 6.45) is -6.98. The van der Waals surface area contributed by atoms with E-state index >= 15 is 0 Å². The third kappa shape index (κ3) is 34.2. The zero-order valence-corrected chi connectivity index (χ0v) is 24.9. The molecule has 1 saturated heterocycles. The predicted molar refractivity (Wildman–Crippen MR) is 145 cm³/mol. The largest absolute Gasteiger partial charge is 0.460 e. The molecule has 14 heteroatoms. The number of aldehydes is 1. The normalized spacial score (nSPS) is 17.9. The molecule has 1 rings (SSSR count). The highest BCUT2D eigenvalue weighted by Gasteiger charge is 2.32. The first-order valence-corrected chi connectivity index (χ1v) is 12.7. The minimum Gasteiger partial charge on any atom is -0.460 e. The maximum atomic E-state index is 12.0. The van der Waals surface area contributed by atoms with Gasteiger partial charge in [0.1, 0.15) is 24.6 Å². The van der Waals surface area contributed by atoms with E-state index in [1.807, 2.05) is 27.7 Å². The highest BCUT2D eigenvalue weighted by atomic mass is 19.4. The maximum Gasteiger partial charge on any atom is 0.446 e. The van der Waals surface area contributed by atoms with E-state index in [9.17, 15) is 31.5 Å². The van der Waals surface area contributed by atoms with Crippen molar-refractivity contribution in [1.29, 1.82) is 0 Å². The van der Waals surface area contributed by atoms with Crippen LogP contribution in [0.1, 0.15) is 82.6 Å². The fourth-order valence-corrected chi connectivity index (χ4v) is 2.24. The summed E-state index contributed by atoms with van der Waals surface area (Å²) in [6.45, 7) is 15.3. The van der Waals surface area contributed by atoms with E-state index < -0.39 is 61.5 Å². The highest BCUT2D eigenvalue weighted by molar-refractivity contribution is 5.70. The molecule has 6 atom stereocenters. The van der Waals surface area contributed by atoms with Crippen LogP contribution >= 0.6 is 0 Å². The van der Waals surface area contributed by atoms with Gasteiger partial charge in [-0.25, -0.2) is 8.78 Å². The van der Waals surface area contributed by atoms with Crippen molar-refractivity contribution in [3.63, 3.8) is 0 Å². The van der Waals surface area contributed by atoms with Gasteiger partial charge < -0.3 is 30.2 Å². The molecular weight excluding hydrogens is 561 g/mol. The summed E-state index contributed by atoms with van der Waals surface area (Å²) < 4.78 is 69.9. The Morgan fingerprint density at radius 3 is 1.46 bits per heavy atom. The lowest BCUT2D eigenvalue weighted by atomic mass is 10.0. The molecule has 0 spiro atoms. The molecule has 0 aliphatic carbocycles. The van der Waals surface area contributed by atoms with Gasteiger partial charge in [0, 0.05) is 6.04 Å². The Balaban J connectivity index is -0.000000234. The van der Waals surface area contributed by atoms with Gasteiger partial charge in [0.25, 0.3) is 0 Å². The van der Waals surface area contributed by atoms with Gasteiger partial charge >= 0.3 is 18.1 Å². The van der Waals surface area contributed by atoms with Gasteiger partial charge in [-0.05, 0) is 60.3 Å². The van der Waals surface area contributed by atoms with Crippen LogP contribution in [0.4, 0.5) is 22.0 Å². The van der Waals surface area contributed by atoms with Crippen LogP contribution in [0, 0.1) is 11.8 Å². The summed E-state index contributed by atoms with van der Waals surface area (Å²) in [5.74, 6) is -0.655. The van der Waals surface area contributed by atoms with E-state index in [-0.39, 0.29) is 37.4 Å². The number of aliphatic hydroxyl groups is 2. The molecule has 0 amide bonds. The first kappa shape index (κ1) is 46.1. The van der Waals surface area contributed by atoms with Crippen LogP contribution in [0.3, 0.4) is 0 Å². The van der Waals surface area contributed by atoms with E-state index in [0.29, 0.717) is 6.42 Å². The first-order valence-electron chi connectivity index (χ1n) is 12.7. The first-order chi connectivity index (χ1) is 17.9. The van der Waals surface area contributed by atoms with Gasteiger partial charge in [0.15, 0.2) is 0 Å². The van der Waals surface area contributed by atoms with Crippen LogP contribution in [0.5, 0.6) is 0 Å². The number of hydrogen-bond acceptors (Lipinski definition) is 9. The van der Waals surface area contributed by atoms with Crippen molar-refractivity contribution in [2.75, 3.05) is 20.0 Å². The quantitative estimate of drug-likeness (QED) is 0.148. The van der Waals surface area contributed by atoms with E-state index in [4.69, 9.17) is 35.0 Å². The van der Waals surface area contributed by atoms with Crippen LogP contribution < -0.4 is 5.73 Å². The average Bonchev–Trinajstić information content (AvgIpc) is 3.61. The standard InChI is InChI=1S/C10H19FO3.C10H18O3.C4H10FNO.C2HF3O.CH4/c1-7(8(12)6-11)5-9(13)14-10(2,3)4;1-7(8-6-12-8)5-9(11)13-10(2,3)4;1-3(6)4(7)2-5;3-2(4,5)1-6;/h7-8,12H,5-6H2,1-4H3;7-8H,5-6H2,1-4H3;3-4,7H,2,6H2,1H3;1H;1H4/t2*7-,8?;3-,4?;;/m110../s1. The second-order valence-corrected chi connectivity index (χ2v) is 11.4. The fraction of sp³-hybridized carbons (Fsp3) is 0.889. The monoisotopic (exact) mass is 613 g/mol. The number of aliphatic hydroxyl groups excluding tert-OH is 2. The highest BCUT2D eigenvalue weighted by Crippen LogP contribution is 2.23. The molecule has 0 aromatic carbocycles. The summed E-state index contributed by atoms with van der Waals surface area (Å²) >= 11 is 0. The summed E-state index contributed by atoms with van der Waals surface area (Å²) in [6, 6.07) is -0.454. The molecule has 248 valence electrons. The van der Waals surface area contributed by atoms with E-state index in [0.717, 1.165) is 6.61 Å². The van der Waals surface area contributed by atoms with Crippen LogP contribution in [0.15, 0.2) is 0 Å². The summed E-state index contributed by atoms with van der Waals surface area (Å²) in [5.41, 5.74) is 4.15. The average molecular weight is 614 g/mol. The summed E-state index contributed by atoms with van der Waals surface area (Å²) in [4.78, 5) is 31.3. The third-order valence-electron chi connectivity index (χ3n) is 4.52.